The van der Waals surface area contributed by atoms with Crippen LogP contribution in [0.5, 0.6) is 0 Å². The zero-order chi connectivity index (χ0) is 22.5. The first-order valence-electron chi connectivity index (χ1n) is 10.7. The summed E-state index contributed by atoms with van der Waals surface area (Å²) in [4.78, 5) is 18.3. The van der Waals surface area contributed by atoms with Gasteiger partial charge in [0.15, 0.2) is 0 Å². The summed E-state index contributed by atoms with van der Waals surface area (Å²) < 4.78 is 0. The first-order valence-corrected chi connectivity index (χ1v) is 11.9. The molecule has 1 aliphatic rings. The fourth-order valence-electron chi connectivity index (χ4n) is 3.81. The molecule has 5 N–H and O–H groups in total. The molecule has 10 heteroatoms. The lowest BCUT2D eigenvalue weighted by atomic mass is 9.98. The number of aliphatic hydroxyl groups is 1. The number of nitrogens with one attached hydrogen (secondary N) is 4. The van der Waals surface area contributed by atoms with Gasteiger partial charge in [0.2, 0.25) is 5.91 Å². The summed E-state index contributed by atoms with van der Waals surface area (Å²) in [5.74, 6) is 0.446. The van der Waals surface area contributed by atoms with Crippen molar-refractivity contribution in [3.05, 3.63) is 50.9 Å². The van der Waals surface area contributed by atoms with Crippen LogP contribution >= 0.6 is 22.9 Å². The lowest BCUT2D eigenvalue weighted by molar-refractivity contribution is -0.120. The Labute approximate surface area is 195 Å². The van der Waals surface area contributed by atoms with Crippen molar-refractivity contribution < 1.29 is 9.90 Å². The number of thiazole rings is 1. The molecular weight excluding hydrogens is 448 g/mol. The molecule has 170 valence electrons. The van der Waals surface area contributed by atoms with E-state index in [0.29, 0.717) is 10.8 Å². The van der Waals surface area contributed by atoms with Crippen LogP contribution in [0, 0.1) is 6.92 Å². The van der Waals surface area contributed by atoms with Gasteiger partial charge >= 0.3 is 0 Å². The summed E-state index contributed by atoms with van der Waals surface area (Å²) in [6, 6.07) is 9.19. The van der Waals surface area contributed by atoms with Gasteiger partial charge in [0.25, 0.3) is 0 Å². The van der Waals surface area contributed by atoms with Gasteiger partial charge in [-0.3, -0.25) is 9.89 Å². The Morgan fingerprint density at radius 1 is 1.34 bits per heavy atom. The number of amides is 1. The largest absolute Gasteiger partial charge is 0.391 e. The predicted molar refractivity (Wildman–Crippen MR) is 127 cm³/mol. The van der Waals surface area contributed by atoms with Crippen LogP contribution in [0.15, 0.2) is 30.3 Å². The number of rotatable bonds is 8. The van der Waals surface area contributed by atoms with E-state index in [1.807, 2.05) is 37.3 Å². The van der Waals surface area contributed by atoms with Gasteiger partial charge in [-0.2, -0.15) is 5.10 Å². The molecule has 32 heavy (non-hydrogen) atoms. The van der Waals surface area contributed by atoms with Gasteiger partial charge in [0.05, 0.1) is 35.5 Å². The van der Waals surface area contributed by atoms with Crippen molar-refractivity contribution in [1.82, 2.24) is 25.8 Å². The van der Waals surface area contributed by atoms with Crippen LogP contribution < -0.4 is 16.0 Å². The highest BCUT2D eigenvalue weighted by Crippen LogP contribution is 2.29. The van der Waals surface area contributed by atoms with E-state index in [9.17, 15) is 9.90 Å². The Hall–Kier alpha value is -2.46. The molecule has 0 bridgehead atoms. The topological polar surface area (TPSA) is 115 Å². The molecule has 0 saturated carbocycles. The van der Waals surface area contributed by atoms with E-state index in [0.717, 1.165) is 52.6 Å². The zero-order valence-corrected chi connectivity index (χ0v) is 19.4. The Bertz CT molecular complexity index is 1050. The molecule has 4 rings (SSSR count). The normalized spacial score (nSPS) is 17.2. The molecule has 2 atom stereocenters. The van der Waals surface area contributed by atoms with Gasteiger partial charge in [-0.1, -0.05) is 30.2 Å². The Morgan fingerprint density at radius 2 is 2.16 bits per heavy atom. The Balaban J connectivity index is 1.40. The van der Waals surface area contributed by atoms with Crippen LogP contribution in [0.4, 0.5) is 5.82 Å². The third-order valence-corrected chi connectivity index (χ3v) is 7.03. The van der Waals surface area contributed by atoms with E-state index in [1.165, 1.54) is 11.3 Å². The number of H-pyrrole nitrogens is 1. The second-order valence-electron chi connectivity index (χ2n) is 7.85. The summed E-state index contributed by atoms with van der Waals surface area (Å²) in [6.07, 6.45) is 3.21. The standard InChI is InChI=1S/C22H27ClN6O2S/c1-13-18(12-30)32-22(26-13)21(16-4-2-3-9-24-16)27-20(31)11-25-19-10-17(28-29-19)14-5-7-15(23)8-6-14/h5-8,10,16,21,24,30H,2-4,9,11-12H2,1H3,(H,27,31)(H2,25,28,29). The third kappa shape index (κ3) is 5.47. The first-order chi connectivity index (χ1) is 15.5. The molecular formula is C22H27ClN6O2S. The SMILES string of the molecule is Cc1nc(C(NC(=O)CNc2cc(-c3ccc(Cl)cc3)[nH]n2)C2CCCCN2)sc1CO. The van der Waals surface area contributed by atoms with E-state index in [-0.39, 0.29) is 31.1 Å². The molecule has 1 aromatic carbocycles. The number of aromatic nitrogens is 3. The number of nitrogens with zero attached hydrogens (tertiary/aromatic N) is 2. The van der Waals surface area contributed by atoms with E-state index in [2.05, 4.69) is 31.1 Å². The van der Waals surface area contributed by atoms with E-state index in [1.54, 1.807) is 0 Å². The van der Waals surface area contributed by atoms with Crippen molar-refractivity contribution in [2.45, 2.75) is 44.9 Å². The summed E-state index contributed by atoms with van der Waals surface area (Å²) in [7, 11) is 0. The first kappa shape index (κ1) is 22.7. The molecule has 2 aromatic heterocycles. The fraction of sp³-hybridized carbons (Fsp3) is 0.409. The second-order valence-corrected chi connectivity index (χ2v) is 9.40. The van der Waals surface area contributed by atoms with Crippen molar-refractivity contribution in [1.29, 1.82) is 0 Å². The summed E-state index contributed by atoms with van der Waals surface area (Å²) in [5, 5.41) is 28.0. The minimum Gasteiger partial charge on any atom is -0.391 e. The molecule has 0 radical (unpaired) electrons. The van der Waals surface area contributed by atoms with Crippen LogP contribution in [-0.2, 0) is 11.4 Å². The van der Waals surface area contributed by atoms with Crippen molar-refractivity contribution in [2.75, 3.05) is 18.4 Å². The molecule has 3 heterocycles. The van der Waals surface area contributed by atoms with Crippen LogP contribution in [0.25, 0.3) is 11.3 Å². The number of aliphatic hydroxyl groups excluding tert-OH is 1. The number of anilines is 1. The highest BCUT2D eigenvalue weighted by atomic mass is 35.5. The summed E-state index contributed by atoms with van der Waals surface area (Å²) in [5.41, 5.74) is 2.61. The molecule has 2 unspecified atom stereocenters. The number of aromatic amines is 1. The van der Waals surface area contributed by atoms with Crippen LogP contribution in [0.3, 0.4) is 0 Å². The minimum absolute atomic E-state index is 0.0427. The highest BCUT2D eigenvalue weighted by Gasteiger charge is 2.29. The fourth-order valence-corrected chi connectivity index (χ4v) is 4.98. The molecule has 1 amide bonds. The van der Waals surface area contributed by atoms with Gasteiger partial charge in [0, 0.05) is 17.1 Å². The Kier molecular flexibility index (Phi) is 7.41. The average Bonchev–Trinajstić information content (AvgIpc) is 3.43. The maximum absolute atomic E-state index is 12.8. The van der Waals surface area contributed by atoms with Gasteiger partial charge < -0.3 is 21.1 Å². The minimum atomic E-state index is -0.239. The number of carbonyl (C=O) groups excluding carboxylic acids is 1. The van der Waals surface area contributed by atoms with Crippen molar-refractivity contribution in [3.63, 3.8) is 0 Å². The molecule has 1 fully saturated rings. The maximum Gasteiger partial charge on any atom is 0.239 e. The zero-order valence-electron chi connectivity index (χ0n) is 17.8. The maximum atomic E-state index is 12.8. The molecule has 0 aliphatic carbocycles. The van der Waals surface area contributed by atoms with Gasteiger partial charge in [-0.05, 0) is 44.0 Å². The molecule has 0 spiro atoms. The highest BCUT2D eigenvalue weighted by molar-refractivity contribution is 7.11. The molecule has 8 nitrogen and oxygen atoms in total. The number of piperidine rings is 1. The molecule has 1 aliphatic heterocycles. The van der Waals surface area contributed by atoms with Crippen LogP contribution in [-0.4, -0.2) is 45.3 Å². The van der Waals surface area contributed by atoms with Crippen molar-refractivity contribution in [3.8, 4) is 11.3 Å². The number of aryl methyl sites for hydroxylation is 1. The van der Waals surface area contributed by atoms with E-state index < -0.39 is 0 Å². The number of carbonyl (C=O) groups is 1. The monoisotopic (exact) mass is 474 g/mol. The van der Waals surface area contributed by atoms with Gasteiger partial charge in [-0.25, -0.2) is 4.98 Å². The number of benzene rings is 1. The van der Waals surface area contributed by atoms with Gasteiger partial charge in [-0.15, -0.1) is 11.3 Å². The summed E-state index contributed by atoms with van der Waals surface area (Å²) in [6.45, 7) is 2.85. The van der Waals surface area contributed by atoms with E-state index >= 15 is 0 Å². The van der Waals surface area contributed by atoms with E-state index in [4.69, 9.17) is 11.6 Å². The van der Waals surface area contributed by atoms with Crippen LogP contribution in [0.1, 0.15) is 40.9 Å². The second kappa shape index (κ2) is 10.4. The number of hydrogen-bond donors (Lipinski definition) is 5. The third-order valence-electron chi connectivity index (χ3n) is 5.55. The molecule has 3 aromatic rings. The number of hydrogen-bond acceptors (Lipinski definition) is 7. The summed E-state index contributed by atoms with van der Waals surface area (Å²) >= 11 is 7.40. The van der Waals surface area contributed by atoms with Gasteiger partial charge in [0.1, 0.15) is 10.8 Å². The smallest absolute Gasteiger partial charge is 0.239 e. The lowest BCUT2D eigenvalue weighted by Gasteiger charge is -2.30. The molecule has 1 saturated heterocycles. The average molecular weight is 475 g/mol. The van der Waals surface area contributed by atoms with Crippen molar-refractivity contribution >= 4 is 34.7 Å². The lowest BCUT2D eigenvalue weighted by Crippen LogP contribution is -2.47. The van der Waals surface area contributed by atoms with Crippen molar-refractivity contribution in [2.24, 2.45) is 0 Å². The predicted octanol–water partition coefficient (Wildman–Crippen LogP) is 3.40. The number of halogens is 1. The van der Waals surface area contributed by atoms with Crippen LogP contribution in [0.2, 0.25) is 5.02 Å². The quantitative estimate of drug-likeness (QED) is 0.342. The Morgan fingerprint density at radius 3 is 2.84 bits per heavy atom.